The zero-order chi connectivity index (χ0) is 15.5. The first kappa shape index (κ1) is 13.2. The summed E-state index contributed by atoms with van der Waals surface area (Å²) in [4.78, 5) is 15.4. The van der Waals surface area contributed by atoms with Crippen LogP contribution >= 0.6 is 0 Å². The minimum atomic E-state index is -1.64. The van der Waals surface area contributed by atoms with E-state index in [-0.39, 0.29) is 19.0 Å². The molecule has 2 saturated heterocycles. The first-order valence-corrected chi connectivity index (χ1v) is 6.62. The lowest BCUT2D eigenvalue weighted by atomic mass is 9.89. The van der Waals surface area contributed by atoms with Crippen molar-refractivity contribution < 1.29 is 19.4 Å². The number of fused-ring (bicyclic) bond motifs is 2. The molecule has 0 radical (unpaired) electrons. The van der Waals surface area contributed by atoms with Crippen LogP contribution in [0.1, 0.15) is 5.69 Å². The fourth-order valence-corrected chi connectivity index (χ4v) is 2.99. The highest BCUT2D eigenvalue weighted by Crippen LogP contribution is 2.41. The molecule has 2 aliphatic rings. The van der Waals surface area contributed by atoms with Gasteiger partial charge in [-0.15, -0.1) is 0 Å². The maximum atomic E-state index is 11.5. The van der Waals surface area contributed by atoms with Crippen molar-refractivity contribution >= 4 is 17.4 Å². The van der Waals surface area contributed by atoms with Gasteiger partial charge >= 0.3 is 6.09 Å². The zero-order valence-electron chi connectivity index (χ0n) is 11.4. The Morgan fingerprint density at radius 3 is 3.14 bits per heavy atom. The van der Waals surface area contributed by atoms with Crippen LogP contribution in [-0.4, -0.2) is 50.8 Å². The first-order valence-electron chi connectivity index (χ1n) is 6.62. The number of carbonyl (C=O) groups is 1. The number of alkyl carbamates (subject to hydrolysis) is 1. The fourth-order valence-electron chi connectivity index (χ4n) is 2.99. The van der Waals surface area contributed by atoms with Crippen molar-refractivity contribution in [2.24, 2.45) is 5.73 Å². The smallest absolute Gasteiger partial charge is 0.407 e. The SMILES string of the molecule is Nc1ncnn2c([C@@]3(O)CO[C@]4(N)CNC(=O)O[C@H]43)ccc12. The summed E-state index contributed by atoms with van der Waals surface area (Å²) >= 11 is 0. The molecule has 2 fully saturated rings. The number of hydrogen-bond donors (Lipinski definition) is 4. The largest absolute Gasteiger partial charge is 0.438 e. The molecule has 0 aromatic carbocycles. The molecule has 4 heterocycles. The Bertz CT molecular complexity index is 778. The first-order chi connectivity index (χ1) is 10.4. The maximum absolute atomic E-state index is 11.5. The van der Waals surface area contributed by atoms with Gasteiger partial charge in [0, 0.05) is 0 Å². The summed E-state index contributed by atoms with van der Waals surface area (Å²) in [6, 6.07) is 3.30. The van der Waals surface area contributed by atoms with Gasteiger partial charge in [0.2, 0.25) is 0 Å². The summed E-state index contributed by atoms with van der Waals surface area (Å²) in [7, 11) is 0. The van der Waals surface area contributed by atoms with Crippen LogP contribution in [0.5, 0.6) is 0 Å². The molecule has 116 valence electrons. The Labute approximate surface area is 124 Å². The molecule has 22 heavy (non-hydrogen) atoms. The molecule has 0 aliphatic carbocycles. The number of carbonyl (C=O) groups excluding carboxylic acids is 1. The van der Waals surface area contributed by atoms with E-state index in [1.165, 1.54) is 10.8 Å². The highest BCUT2D eigenvalue weighted by Gasteiger charge is 2.62. The van der Waals surface area contributed by atoms with E-state index in [1.54, 1.807) is 12.1 Å². The molecule has 0 saturated carbocycles. The number of amides is 1. The molecule has 6 N–H and O–H groups in total. The Kier molecular flexibility index (Phi) is 2.45. The standard InChI is InChI=1S/C12H14N6O4/c13-8-6-1-2-7(18(6)17-5-16-8)11(20)4-21-12(14)3-15-10(19)22-9(11)12/h1-2,5,9,20H,3-4,14H2,(H,15,19)(H2,13,16,17)/t9-,11-,12+/m0/s1. The van der Waals surface area contributed by atoms with Crippen LogP contribution in [-0.2, 0) is 15.1 Å². The van der Waals surface area contributed by atoms with Crippen molar-refractivity contribution in [1.82, 2.24) is 19.9 Å². The van der Waals surface area contributed by atoms with E-state index in [0.717, 1.165) is 0 Å². The van der Waals surface area contributed by atoms with Crippen LogP contribution in [0.4, 0.5) is 10.6 Å². The number of nitrogen functional groups attached to an aromatic ring is 1. The van der Waals surface area contributed by atoms with Crippen molar-refractivity contribution in [3.63, 3.8) is 0 Å². The van der Waals surface area contributed by atoms with Crippen LogP contribution in [0.2, 0.25) is 0 Å². The van der Waals surface area contributed by atoms with E-state index in [1.807, 2.05) is 0 Å². The van der Waals surface area contributed by atoms with Crippen molar-refractivity contribution in [2.45, 2.75) is 17.4 Å². The minimum Gasteiger partial charge on any atom is -0.438 e. The predicted octanol–water partition coefficient (Wildman–Crippen LogP) is -1.71. The van der Waals surface area contributed by atoms with Gasteiger partial charge in [-0.3, -0.25) is 5.73 Å². The number of nitrogens with zero attached hydrogens (tertiary/aromatic N) is 3. The maximum Gasteiger partial charge on any atom is 0.407 e. The number of aliphatic hydroxyl groups is 1. The molecule has 10 nitrogen and oxygen atoms in total. The van der Waals surface area contributed by atoms with Gasteiger partial charge in [0.05, 0.1) is 18.8 Å². The lowest BCUT2D eigenvalue weighted by Crippen LogP contribution is -2.66. The molecular weight excluding hydrogens is 292 g/mol. The van der Waals surface area contributed by atoms with Gasteiger partial charge in [0.15, 0.2) is 23.2 Å². The van der Waals surface area contributed by atoms with E-state index in [9.17, 15) is 9.90 Å². The summed E-state index contributed by atoms with van der Waals surface area (Å²) in [6.07, 6.45) is -0.456. The number of nitrogens with two attached hydrogens (primary N) is 2. The average Bonchev–Trinajstić information content (AvgIpc) is 3.03. The Hall–Kier alpha value is -2.43. The number of anilines is 1. The van der Waals surface area contributed by atoms with Gasteiger partial charge in [-0.1, -0.05) is 0 Å². The van der Waals surface area contributed by atoms with Gasteiger partial charge in [0.25, 0.3) is 0 Å². The predicted molar refractivity (Wildman–Crippen MR) is 72.4 cm³/mol. The number of hydrogen-bond acceptors (Lipinski definition) is 8. The highest BCUT2D eigenvalue weighted by molar-refractivity contribution is 5.69. The summed E-state index contributed by atoms with van der Waals surface area (Å²) in [5.41, 5.74) is 9.82. The van der Waals surface area contributed by atoms with Gasteiger partial charge in [-0.05, 0) is 12.1 Å². The molecule has 1 amide bonds. The van der Waals surface area contributed by atoms with Gasteiger partial charge in [-0.25, -0.2) is 14.3 Å². The van der Waals surface area contributed by atoms with Crippen LogP contribution in [0.3, 0.4) is 0 Å². The zero-order valence-corrected chi connectivity index (χ0v) is 11.4. The lowest BCUT2D eigenvalue weighted by molar-refractivity contribution is -0.107. The molecule has 2 aliphatic heterocycles. The molecule has 10 heteroatoms. The van der Waals surface area contributed by atoms with E-state index < -0.39 is 23.5 Å². The van der Waals surface area contributed by atoms with Crippen LogP contribution < -0.4 is 16.8 Å². The lowest BCUT2D eigenvalue weighted by Gasteiger charge is -2.38. The Morgan fingerprint density at radius 1 is 1.50 bits per heavy atom. The van der Waals surface area contributed by atoms with Crippen LogP contribution in [0.25, 0.3) is 5.52 Å². The third-order valence-corrected chi connectivity index (χ3v) is 4.10. The van der Waals surface area contributed by atoms with Crippen LogP contribution in [0, 0.1) is 0 Å². The molecule has 3 atom stereocenters. The molecule has 4 rings (SSSR count). The van der Waals surface area contributed by atoms with Gasteiger partial charge in [-0.2, -0.15) is 5.10 Å². The number of ether oxygens (including phenoxy) is 2. The van der Waals surface area contributed by atoms with E-state index in [2.05, 4.69) is 15.4 Å². The summed E-state index contributed by atoms with van der Waals surface area (Å²) in [5.74, 6) is 0.269. The second-order valence-corrected chi connectivity index (χ2v) is 5.47. The summed E-state index contributed by atoms with van der Waals surface area (Å²) in [5, 5.41) is 17.6. The van der Waals surface area contributed by atoms with Crippen molar-refractivity contribution in [1.29, 1.82) is 0 Å². The molecule has 2 aromatic heterocycles. The minimum absolute atomic E-state index is 0.0409. The third-order valence-electron chi connectivity index (χ3n) is 4.10. The Morgan fingerprint density at radius 2 is 2.32 bits per heavy atom. The summed E-state index contributed by atoms with van der Waals surface area (Å²) < 4.78 is 12.1. The number of nitrogens with one attached hydrogen (secondary N) is 1. The monoisotopic (exact) mass is 306 g/mol. The van der Waals surface area contributed by atoms with Crippen molar-refractivity contribution in [3.8, 4) is 0 Å². The highest BCUT2D eigenvalue weighted by atomic mass is 16.6. The quantitative estimate of drug-likeness (QED) is 0.486. The van der Waals surface area contributed by atoms with Crippen molar-refractivity contribution in [2.75, 3.05) is 18.9 Å². The normalized spacial score (nSPS) is 34.3. The number of rotatable bonds is 1. The number of aromatic nitrogens is 3. The summed E-state index contributed by atoms with van der Waals surface area (Å²) in [6.45, 7) is -0.0988. The second-order valence-electron chi connectivity index (χ2n) is 5.47. The van der Waals surface area contributed by atoms with Crippen LogP contribution in [0.15, 0.2) is 18.5 Å². The van der Waals surface area contributed by atoms with E-state index >= 15 is 0 Å². The van der Waals surface area contributed by atoms with Gasteiger partial charge < -0.3 is 25.6 Å². The van der Waals surface area contributed by atoms with E-state index in [4.69, 9.17) is 20.9 Å². The molecule has 0 bridgehead atoms. The van der Waals surface area contributed by atoms with Gasteiger partial charge in [0.1, 0.15) is 11.8 Å². The molecule has 2 aromatic rings. The van der Waals surface area contributed by atoms with E-state index in [0.29, 0.717) is 11.2 Å². The molecule has 0 unspecified atom stereocenters. The second kappa shape index (κ2) is 4.06. The van der Waals surface area contributed by atoms with Crippen molar-refractivity contribution in [3.05, 3.63) is 24.2 Å². The Balaban J connectivity index is 1.86. The third kappa shape index (κ3) is 1.56. The topological polar surface area (TPSA) is 150 Å². The molecule has 0 spiro atoms. The molecular formula is C12H14N6O4. The fraction of sp³-hybridized carbons (Fsp3) is 0.417. The average molecular weight is 306 g/mol.